The number of benzene rings is 4. The van der Waals surface area contributed by atoms with Crippen LogP contribution in [0.3, 0.4) is 0 Å². The number of hydrogen-bond acceptors (Lipinski definition) is 0. The summed E-state index contributed by atoms with van der Waals surface area (Å²) in [5, 5.41) is 5.89. The van der Waals surface area contributed by atoms with E-state index in [1.165, 1.54) is 33.5 Å². The molecule has 0 saturated heterocycles. The maximum Gasteiger partial charge on any atom is 2.00 e. The second-order valence-corrected chi connectivity index (χ2v) is 11.8. The third-order valence-electron chi connectivity index (χ3n) is 4.82. The van der Waals surface area contributed by atoms with E-state index in [1.807, 2.05) is 0 Å². The van der Waals surface area contributed by atoms with Crippen LogP contribution < -0.4 is 21.2 Å². The first-order valence-electron chi connectivity index (χ1n) is 10.5. The van der Waals surface area contributed by atoms with Crippen LogP contribution in [0.25, 0.3) is 0 Å². The number of hydrogen-bond donors (Lipinski definition) is 0. The predicted molar refractivity (Wildman–Crippen MR) is 144 cm³/mol. The second kappa shape index (κ2) is 15.9. The van der Waals surface area contributed by atoms with Gasteiger partial charge in [0, 0.05) is 0 Å². The van der Waals surface area contributed by atoms with Gasteiger partial charge in [0.15, 0.2) is 0 Å². The van der Waals surface area contributed by atoms with Crippen molar-refractivity contribution in [3.05, 3.63) is 129 Å². The van der Waals surface area contributed by atoms with Gasteiger partial charge in [0.05, 0.1) is 0 Å². The molecule has 186 valence electrons. The van der Waals surface area contributed by atoms with Crippen LogP contribution in [0.5, 0.6) is 0 Å². The van der Waals surface area contributed by atoms with Gasteiger partial charge in [-0.3, -0.25) is 0 Å². The zero-order valence-electron chi connectivity index (χ0n) is 19.3. The van der Waals surface area contributed by atoms with E-state index in [-0.39, 0.29) is 39.8 Å². The minimum absolute atomic E-state index is 0. The van der Waals surface area contributed by atoms with Crippen LogP contribution in [-0.2, 0) is 16.5 Å². The molecule has 0 aromatic heterocycles. The van der Waals surface area contributed by atoms with E-state index in [4.69, 9.17) is 0 Å². The molecule has 35 heavy (non-hydrogen) atoms. The van der Waals surface area contributed by atoms with Crippen LogP contribution >= 0.6 is 15.8 Å². The molecule has 0 unspecified atom stereocenters. The van der Waals surface area contributed by atoms with Crippen molar-refractivity contribution < 1.29 is 33.8 Å². The number of halogens is 4. The van der Waals surface area contributed by atoms with Gasteiger partial charge in [-0.15, -0.1) is 0 Å². The largest absolute Gasteiger partial charge is 2.00 e. The van der Waals surface area contributed by atoms with Crippen LogP contribution in [0.2, 0.25) is 0 Å². The van der Waals surface area contributed by atoms with Gasteiger partial charge in [-0.25, -0.2) is 0 Å². The molecule has 0 amide bonds. The third-order valence-corrected chi connectivity index (χ3v) is 10.2. The van der Waals surface area contributed by atoms with Crippen LogP contribution in [-0.4, -0.2) is 19.6 Å². The summed E-state index contributed by atoms with van der Waals surface area (Å²) < 4.78 is 39.0. The van der Waals surface area contributed by atoms with Crippen molar-refractivity contribution in [3.8, 4) is 0 Å². The van der Waals surface area contributed by atoms with Gasteiger partial charge in [0.25, 0.3) is 0 Å². The summed E-state index contributed by atoms with van der Waals surface area (Å²) in [5.74, 6) is 0. The van der Waals surface area contributed by atoms with Crippen LogP contribution in [0.1, 0.15) is 0 Å². The minimum atomic E-state index is -6.00. The Labute approximate surface area is 218 Å². The van der Waals surface area contributed by atoms with E-state index in [9.17, 15) is 17.3 Å². The van der Waals surface area contributed by atoms with E-state index in [0.29, 0.717) is 0 Å². The maximum atomic E-state index is 9.75. The Morgan fingerprint density at radius 3 is 0.771 bits per heavy atom. The average Bonchev–Trinajstić information content (AvgIpc) is 2.83. The molecule has 0 aliphatic rings. The second-order valence-electron chi connectivity index (χ2n) is 7.14. The molecule has 4 aromatic carbocycles. The number of rotatable bonds is 7. The monoisotopic (exact) mass is 558 g/mol. The molecule has 4 rings (SSSR count). The van der Waals surface area contributed by atoms with E-state index < -0.39 is 7.25 Å². The van der Waals surface area contributed by atoms with Gasteiger partial charge in [-0.1, -0.05) is 121 Å². The van der Waals surface area contributed by atoms with Crippen molar-refractivity contribution >= 4 is 44.3 Å². The van der Waals surface area contributed by atoms with E-state index in [0.717, 1.165) is 0 Å². The van der Waals surface area contributed by atoms with Crippen molar-refractivity contribution in [2.75, 3.05) is 12.3 Å². The molecule has 0 aliphatic heterocycles. The van der Waals surface area contributed by atoms with Gasteiger partial charge in [-0.05, 0) is 49.4 Å². The van der Waals surface area contributed by atoms with Crippen molar-refractivity contribution in [1.29, 1.82) is 0 Å². The Morgan fingerprint density at radius 1 is 0.429 bits per heavy atom. The Bertz CT molecular complexity index is 902. The zero-order chi connectivity index (χ0) is 23.5. The molecule has 0 heterocycles. The van der Waals surface area contributed by atoms with E-state index in [2.05, 4.69) is 121 Å². The fraction of sp³-hybridized carbons (Fsp3) is 0.0741. The van der Waals surface area contributed by atoms with Gasteiger partial charge >= 0.3 is 23.7 Å². The summed E-state index contributed by atoms with van der Waals surface area (Å²) >= 11 is 0. The summed E-state index contributed by atoms with van der Waals surface area (Å²) in [5.41, 5.74) is 0. The molecular formula is C27H27BF4NiP2. The van der Waals surface area contributed by atoms with Crippen molar-refractivity contribution in [3.63, 3.8) is 0 Å². The first kappa shape index (κ1) is 31.0. The molecule has 0 fully saturated rings. The minimum Gasteiger partial charge on any atom is -0.418 e. The molecule has 0 nitrogen and oxygen atoms in total. The first-order chi connectivity index (χ1) is 15.9. The summed E-state index contributed by atoms with van der Waals surface area (Å²) in [6.45, 7) is 0. The third kappa shape index (κ3) is 11.1. The smallest absolute Gasteiger partial charge is 0.418 e. The fourth-order valence-corrected chi connectivity index (χ4v) is 8.80. The van der Waals surface area contributed by atoms with Crippen molar-refractivity contribution in [2.45, 2.75) is 0 Å². The van der Waals surface area contributed by atoms with E-state index >= 15 is 0 Å². The Kier molecular flexibility index (Phi) is 14.1. The Balaban J connectivity index is 0.000000798. The van der Waals surface area contributed by atoms with Crippen molar-refractivity contribution in [2.24, 2.45) is 0 Å². The van der Waals surface area contributed by atoms with E-state index in [1.54, 1.807) is 0 Å². The average molecular weight is 559 g/mol. The fourth-order valence-electron chi connectivity index (χ4n) is 3.45. The molecular weight excluding hydrogens is 532 g/mol. The summed E-state index contributed by atoms with van der Waals surface area (Å²) in [6.07, 6.45) is 2.41. The molecule has 0 saturated carbocycles. The topological polar surface area (TPSA) is 0 Å². The van der Waals surface area contributed by atoms with Gasteiger partial charge in [0.1, 0.15) is 0 Å². The molecule has 0 atom stereocenters. The van der Waals surface area contributed by atoms with Gasteiger partial charge in [-0.2, -0.15) is 0 Å². The normalized spacial score (nSPS) is 10.6. The Hall–Kier alpha value is -1.98. The summed E-state index contributed by atoms with van der Waals surface area (Å²) in [7, 11) is -6.70. The SMILES string of the molecule is F[B-](F)(F)F.[CH3-].[Ni+2].c1ccc(P(CCP(c2ccccc2)c2ccccc2)c2ccccc2)cc1. The first-order valence-corrected chi connectivity index (χ1v) is 13.6. The summed E-state index contributed by atoms with van der Waals surface area (Å²) in [4.78, 5) is 0. The van der Waals surface area contributed by atoms with Crippen LogP contribution in [0.4, 0.5) is 17.3 Å². The molecule has 0 radical (unpaired) electrons. The van der Waals surface area contributed by atoms with Crippen LogP contribution in [0.15, 0.2) is 121 Å². The maximum absolute atomic E-state index is 9.75. The molecule has 4 aromatic rings. The quantitative estimate of drug-likeness (QED) is 0.0991. The molecule has 0 N–H and O–H groups in total. The zero-order valence-corrected chi connectivity index (χ0v) is 22.0. The molecule has 8 heteroatoms. The van der Waals surface area contributed by atoms with Crippen molar-refractivity contribution in [1.82, 2.24) is 0 Å². The van der Waals surface area contributed by atoms with Gasteiger partial charge < -0.3 is 24.7 Å². The Morgan fingerprint density at radius 2 is 0.600 bits per heavy atom. The predicted octanol–water partition coefficient (Wildman–Crippen LogP) is 7.00. The van der Waals surface area contributed by atoms with Crippen LogP contribution in [0, 0.1) is 7.43 Å². The van der Waals surface area contributed by atoms with Gasteiger partial charge in [0.2, 0.25) is 0 Å². The molecule has 0 spiro atoms. The standard InChI is InChI=1S/C26H24P2.CH3.BF4.Ni/c1-5-13-23(14-6-1)27(24-15-7-2-8-16-24)21-22-28(25-17-9-3-10-18-25)26-19-11-4-12-20-26;;2-1(3,4)5;/h1-20H,21-22H2;1H3;;/q;2*-1;+2. The summed E-state index contributed by atoms with van der Waals surface area (Å²) in [6, 6.07) is 44.2. The molecule has 0 aliphatic carbocycles. The molecule has 0 bridgehead atoms.